The topological polar surface area (TPSA) is 68.5 Å². The number of hydrogen-bond donors (Lipinski definition) is 0. The van der Waals surface area contributed by atoms with E-state index >= 15 is 0 Å². The maximum absolute atomic E-state index is 9.99. The molecule has 1 rings (SSSR count). The van der Waals surface area contributed by atoms with Gasteiger partial charge in [-0.2, -0.15) is 15.0 Å². The largest absolute Gasteiger partial charge is 0.303 e. The molecular weight excluding hydrogens is 186 g/mol. The molecule has 0 saturated carbocycles. The van der Waals surface area contributed by atoms with Crippen molar-refractivity contribution >= 4 is 6.29 Å². The number of unbranched alkanes of at least 4 members (excludes halogenated alkanes) is 1. The van der Waals surface area contributed by atoms with Crippen LogP contribution in [0.4, 0.5) is 0 Å². The molecule has 0 N–H and O–H groups in total. The summed E-state index contributed by atoms with van der Waals surface area (Å²) in [6.45, 7) is 1.46. The van der Waals surface area contributed by atoms with Crippen molar-refractivity contribution in [3.8, 4) is 6.07 Å². The van der Waals surface area contributed by atoms with E-state index in [1.54, 1.807) is 12.2 Å². The maximum Gasteiger partial charge on any atom is 0.289 e. The molecular formula is C9H11NO4. The highest BCUT2D eigenvalue weighted by Crippen LogP contribution is 2.24. The zero-order valence-electron chi connectivity index (χ0n) is 7.80. The van der Waals surface area contributed by atoms with Gasteiger partial charge in [0.05, 0.1) is 0 Å². The predicted molar refractivity (Wildman–Crippen MR) is 45.5 cm³/mol. The monoisotopic (exact) mass is 197 g/mol. The quantitative estimate of drug-likeness (QED) is 0.292. The van der Waals surface area contributed by atoms with Gasteiger partial charge in [0.25, 0.3) is 5.79 Å². The Hall–Kier alpha value is -1.22. The molecule has 2 atom stereocenters. The molecule has 14 heavy (non-hydrogen) atoms. The summed E-state index contributed by atoms with van der Waals surface area (Å²) in [7, 11) is 0. The summed E-state index contributed by atoms with van der Waals surface area (Å²) in [6.07, 6.45) is 4.58. The lowest BCUT2D eigenvalue weighted by atomic mass is 10.3. The van der Waals surface area contributed by atoms with Crippen LogP contribution in [-0.4, -0.2) is 18.4 Å². The summed E-state index contributed by atoms with van der Waals surface area (Å²) >= 11 is 0. The van der Waals surface area contributed by atoms with Crippen LogP contribution in [0, 0.1) is 11.3 Å². The minimum absolute atomic E-state index is 0.458. The summed E-state index contributed by atoms with van der Waals surface area (Å²) in [5.41, 5.74) is 0. The molecule has 1 saturated heterocycles. The van der Waals surface area contributed by atoms with Gasteiger partial charge in [0, 0.05) is 13.3 Å². The van der Waals surface area contributed by atoms with Gasteiger partial charge >= 0.3 is 0 Å². The number of nitrogens with zero attached hydrogens (tertiary/aromatic N) is 1. The Morgan fingerprint density at radius 1 is 1.57 bits per heavy atom. The van der Waals surface area contributed by atoms with Crippen molar-refractivity contribution in [2.45, 2.75) is 31.8 Å². The van der Waals surface area contributed by atoms with Gasteiger partial charge in [0.1, 0.15) is 12.4 Å². The third-order valence-electron chi connectivity index (χ3n) is 1.59. The summed E-state index contributed by atoms with van der Waals surface area (Å²) in [4.78, 5) is 19.4. The van der Waals surface area contributed by atoms with Gasteiger partial charge in [0.15, 0.2) is 0 Å². The normalized spacial score (nSPS) is 31.9. The fourth-order valence-electron chi connectivity index (χ4n) is 0.888. The fraction of sp³-hybridized carbons (Fsp3) is 0.556. The van der Waals surface area contributed by atoms with E-state index in [-0.39, 0.29) is 0 Å². The van der Waals surface area contributed by atoms with E-state index in [1.807, 2.05) is 6.07 Å². The van der Waals surface area contributed by atoms with Crippen molar-refractivity contribution in [1.29, 1.82) is 5.26 Å². The molecule has 0 bridgehead atoms. The number of nitriles is 1. The average Bonchev–Trinajstić information content (AvgIpc) is 2.56. The van der Waals surface area contributed by atoms with Crippen LogP contribution in [0.2, 0.25) is 0 Å². The highest BCUT2D eigenvalue weighted by Gasteiger charge is 2.38. The van der Waals surface area contributed by atoms with Crippen LogP contribution in [0.25, 0.3) is 0 Å². The highest BCUT2D eigenvalue weighted by atomic mass is 17.3. The number of allylic oxidation sites excluding steroid dienone is 1. The molecule has 1 aliphatic rings. The van der Waals surface area contributed by atoms with E-state index in [1.165, 1.54) is 6.92 Å². The van der Waals surface area contributed by atoms with Crippen molar-refractivity contribution in [2.75, 3.05) is 0 Å². The highest BCUT2D eigenvalue weighted by molar-refractivity contribution is 5.49. The molecule has 0 aromatic heterocycles. The average molecular weight is 197 g/mol. The molecule has 0 spiro atoms. The molecule has 5 nitrogen and oxygen atoms in total. The van der Waals surface area contributed by atoms with Crippen LogP contribution < -0.4 is 0 Å². The first-order valence-electron chi connectivity index (χ1n) is 4.24. The lowest BCUT2D eigenvalue weighted by Crippen LogP contribution is -2.23. The molecule has 2 unspecified atom stereocenters. The third-order valence-corrected chi connectivity index (χ3v) is 1.59. The first kappa shape index (κ1) is 10.9. The molecule has 0 radical (unpaired) electrons. The molecule has 0 aliphatic carbocycles. The van der Waals surface area contributed by atoms with Gasteiger partial charge in [-0.05, 0) is 12.5 Å². The Kier molecular flexibility index (Phi) is 3.77. The Bertz CT molecular complexity index is 270. The van der Waals surface area contributed by atoms with E-state index in [0.29, 0.717) is 12.8 Å². The first-order valence-corrected chi connectivity index (χ1v) is 4.24. The molecule has 76 valence electrons. The van der Waals surface area contributed by atoms with Gasteiger partial charge < -0.3 is 4.79 Å². The van der Waals surface area contributed by atoms with Crippen LogP contribution in [0.1, 0.15) is 19.8 Å². The molecule has 1 fully saturated rings. The van der Waals surface area contributed by atoms with Crippen LogP contribution >= 0.6 is 0 Å². The number of carbonyl (C=O) groups excluding carboxylic acids is 1. The van der Waals surface area contributed by atoms with Crippen molar-refractivity contribution in [2.24, 2.45) is 0 Å². The van der Waals surface area contributed by atoms with Crippen molar-refractivity contribution in [3.05, 3.63) is 12.2 Å². The van der Waals surface area contributed by atoms with Crippen LogP contribution in [-0.2, 0) is 19.3 Å². The maximum atomic E-state index is 9.99. The molecule has 0 aromatic rings. The summed E-state index contributed by atoms with van der Waals surface area (Å²) < 4.78 is 5.10. The Morgan fingerprint density at radius 2 is 2.36 bits per heavy atom. The number of carbonyl (C=O) groups is 1. The van der Waals surface area contributed by atoms with Gasteiger partial charge in [-0.15, -0.1) is 0 Å². The first-order chi connectivity index (χ1) is 6.70. The van der Waals surface area contributed by atoms with E-state index in [0.717, 1.165) is 6.29 Å². The van der Waals surface area contributed by atoms with Crippen molar-refractivity contribution in [1.82, 2.24) is 0 Å². The number of hydrogen-bond acceptors (Lipinski definition) is 5. The minimum atomic E-state index is -1.33. The summed E-state index contributed by atoms with van der Waals surface area (Å²) in [5, 5.41) is 8.60. The zero-order chi connectivity index (χ0) is 10.4. The number of ether oxygens (including phenoxy) is 1. The van der Waals surface area contributed by atoms with Crippen LogP contribution in [0.3, 0.4) is 0 Å². The zero-order valence-corrected chi connectivity index (χ0v) is 7.80. The number of rotatable bonds is 4. The lowest BCUT2D eigenvalue weighted by molar-refractivity contribution is -0.305. The van der Waals surface area contributed by atoms with Gasteiger partial charge in [-0.25, -0.2) is 0 Å². The second kappa shape index (κ2) is 4.86. The van der Waals surface area contributed by atoms with E-state index < -0.39 is 12.1 Å². The second-order valence-corrected chi connectivity index (χ2v) is 2.90. The van der Waals surface area contributed by atoms with Crippen LogP contribution in [0.15, 0.2) is 12.2 Å². The summed E-state index contributed by atoms with van der Waals surface area (Å²) in [5.74, 6) is -1.33. The van der Waals surface area contributed by atoms with Gasteiger partial charge in [-0.1, -0.05) is 6.08 Å². The summed E-state index contributed by atoms with van der Waals surface area (Å²) in [6, 6.07) is 1.81. The van der Waals surface area contributed by atoms with Crippen molar-refractivity contribution in [3.63, 3.8) is 0 Å². The lowest BCUT2D eigenvalue weighted by Gasteiger charge is -2.07. The molecule has 0 amide bonds. The molecule has 1 aliphatic heterocycles. The second-order valence-electron chi connectivity index (χ2n) is 2.90. The van der Waals surface area contributed by atoms with E-state index in [4.69, 9.17) is 14.9 Å². The SMILES string of the molecule is CC1(C#N)OOC(/C=C\CCC=O)O1. The minimum Gasteiger partial charge on any atom is -0.303 e. The Balaban J connectivity index is 2.33. The van der Waals surface area contributed by atoms with E-state index in [9.17, 15) is 4.79 Å². The third kappa shape index (κ3) is 2.92. The molecule has 5 heteroatoms. The Morgan fingerprint density at radius 3 is 2.93 bits per heavy atom. The van der Waals surface area contributed by atoms with Crippen molar-refractivity contribution < 1.29 is 19.3 Å². The smallest absolute Gasteiger partial charge is 0.289 e. The van der Waals surface area contributed by atoms with Crippen LogP contribution in [0.5, 0.6) is 0 Å². The fourth-order valence-corrected chi connectivity index (χ4v) is 0.888. The van der Waals surface area contributed by atoms with Gasteiger partial charge in [0.2, 0.25) is 6.29 Å². The number of aldehydes is 1. The molecule has 0 aromatic carbocycles. The predicted octanol–water partition coefficient (Wildman–Crippen LogP) is 1.07. The van der Waals surface area contributed by atoms with E-state index in [2.05, 4.69) is 4.89 Å². The standard InChI is InChI=1S/C9H11NO4/c1-9(7-10)12-8(13-14-9)5-3-2-4-6-11/h3,5-6,8H,2,4H2,1H3/b5-3-. The molecule has 1 heterocycles. The van der Waals surface area contributed by atoms with Gasteiger partial charge in [-0.3, -0.25) is 4.74 Å². The Labute approximate surface area is 81.8 Å².